The quantitative estimate of drug-likeness (QED) is 0.823. The maximum atomic E-state index is 14.3. The largest absolute Gasteiger partial charge is 0.316 e. The minimum atomic E-state index is -0.674. The molecule has 2 unspecified atom stereocenters. The molecular weight excluding hydrogens is 268 g/mol. The van der Waals surface area contributed by atoms with Crippen LogP contribution >= 0.6 is 0 Å². The monoisotopic (exact) mass is 295 g/mol. The van der Waals surface area contributed by atoms with Crippen molar-refractivity contribution in [1.82, 2.24) is 5.32 Å². The second-order valence-corrected chi connectivity index (χ2v) is 6.80. The third kappa shape index (κ3) is 4.03. The molecule has 0 heterocycles. The van der Waals surface area contributed by atoms with Crippen molar-refractivity contribution < 1.29 is 8.78 Å². The van der Waals surface area contributed by atoms with Crippen LogP contribution < -0.4 is 5.32 Å². The van der Waals surface area contributed by atoms with E-state index < -0.39 is 11.6 Å². The number of hydrogen-bond acceptors (Lipinski definition) is 1. The Balaban J connectivity index is 2.13. The molecule has 0 bridgehead atoms. The first-order valence-electron chi connectivity index (χ1n) is 8.16. The van der Waals surface area contributed by atoms with E-state index in [0.29, 0.717) is 23.0 Å². The van der Waals surface area contributed by atoms with Gasteiger partial charge in [-0.1, -0.05) is 38.8 Å². The van der Waals surface area contributed by atoms with Gasteiger partial charge in [-0.3, -0.25) is 0 Å². The van der Waals surface area contributed by atoms with E-state index in [1.54, 1.807) is 19.1 Å². The summed E-state index contributed by atoms with van der Waals surface area (Å²) >= 11 is 0. The van der Waals surface area contributed by atoms with Gasteiger partial charge >= 0.3 is 0 Å². The third-order valence-corrected chi connectivity index (χ3v) is 4.57. The lowest BCUT2D eigenvalue weighted by atomic mass is 9.75. The standard InChI is InChI=1S/C18H27F2N/c1-12(2)10-21-11-14-6-4-5-7-15(14)16-9-8-13(3)17(19)18(16)20/h8-9,12,14-15,21H,4-7,10-11H2,1-3H3. The minimum absolute atomic E-state index is 0.147. The third-order valence-electron chi connectivity index (χ3n) is 4.57. The van der Waals surface area contributed by atoms with Crippen LogP contribution in [0.1, 0.15) is 56.6 Å². The van der Waals surface area contributed by atoms with Crippen LogP contribution in [0.2, 0.25) is 0 Å². The first kappa shape index (κ1) is 16.4. The van der Waals surface area contributed by atoms with Crippen LogP contribution in [0.15, 0.2) is 12.1 Å². The SMILES string of the molecule is Cc1ccc(C2CCCCC2CNCC(C)C)c(F)c1F. The Kier molecular flexibility index (Phi) is 5.74. The van der Waals surface area contributed by atoms with E-state index in [-0.39, 0.29) is 5.92 Å². The van der Waals surface area contributed by atoms with Gasteiger partial charge in [-0.15, -0.1) is 0 Å². The molecule has 1 aliphatic rings. The molecule has 21 heavy (non-hydrogen) atoms. The van der Waals surface area contributed by atoms with Crippen LogP contribution in [-0.4, -0.2) is 13.1 Å². The molecule has 0 saturated heterocycles. The van der Waals surface area contributed by atoms with Crippen molar-refractivity contribution in [2.75, 3.05) is 13.1 Å². The predicted molar refractivity (Wildman–Crippen MR) is 83.5 cm³/mol. The van der Waals surface area contributed by atoms with Crippen LogP contribution in [0.3, 0.4) is 0 Å². The zero-order valence-corrected chi connectivity index (χ0v) is 13.4. The Bertz CT molecular complexity index is 471. The molecule has 2 rings (SSSR count). The lowest BCUT2D eigenvalue weighted by Gasteiger charge is -2.32. The summed E-state index contributed by atoms with van der Waals surface area (Å²) in [6.07, 6.45) is 4.37. The van der Waals surface area contributed by atoms with Gasteiger partial charge in [0.15, 0.2) is 11.6 Å². The summed E-state index contributed by atoms with van der Waals surface area (Å²) in [5.41, 5.74) is 0.968. The van der Waals surface area contributed by atoms with Crippen LogP contribution in [-0.2, 0) is 0 Å². The maximum absolute atomic E-state index is 14.3. The van der Waals surface area contributed by atoms with Crippen molar-refractivity contribution >= 4 is 0 Å². The molecule has 118 valence electrons. The average Bonchev–Trinajstić information content (AvgIpc) is 2.46. The summed E-state index contributed by atoms with van der Waals surface area (Å²) in [6, 6.07) is 3.50. The molecular formula is C18H27F2N. The van der Waals surface area contributed by atoms with Gasteiger partial charge in [-0.05, 0) is 61.7 Å². The van der Waals surface area contributed by atoms with E-state index >= 15 is 0 Å². The molecule has 1 saturated carbocycles. The van der Waals surface area contributed by atoms with Gasteiger partial charge in [0.25, 0.3) is 0 Å². The van der Waals surface area contributed by atoms with Crippen LogP contribution in [0.4, 0.5) is 8.78 Å². The van der Waals surface area contributed by atoms with E-state index in [1.165, 1.54) is 6.42 Å². The van der Waals surface area contributed by atoms with Gasteiger partial charge in [-0.2, -0.15) is 0 Å². The molecule has 1 fully saturated rings. The van der Waals surface area contributed by atoms with Crippen molar-refractivity contribution in [2.45, 2.75) is 52.4 Å². The topological polar surface area (TPSA) is 12.0 Å². The van der Waals surface area contributed by atoms with Crippen LogP contribution in [0.5, 0.6) is 0 Å². The highest BCUT2D eigenvalue weighted by atomic mass is 19.2. The molecule has 0 spiro atoms. The predicted octanol–water partition coefficient (Wildman–Crippen LogP) is 4.79. The molecule has 1 nitrogen and oxygen atoms in total. The Hall–Kier alpha value is -0.960. The maximum Gasteiger partial charge on any atom is 0.162 e. The van der Waals surface area contributed by atoms with Crippen LogP contribution in [0.25, 0.3) is 0 Å². The van der Waals surface area contributed by atoms with E-state index in [2.05, 4.69) is 19.2 Å². The highest BCUT2D eigenvalue weighted by Gasteiger charge is 2.29. The van der Waals surface area contributed by atoms with Gasteiger partial charge in [0.05, 0.1) is 0 Å². The summed E-state index contributed by atoms with van der Waals surface area (Å²) < 4.78 is 28.1. The Morgan fingerprint density at radius 2 is 1.86 bits per heavy atom. The minimum Gasteiger partial charge on any atom is -0.316 e. The first-order chi connectivity index (χ1) is 10.0. The molecule has 1 aromatic carbocycles. The number of hydrogen-bond donors (Lipinski definition) is 1. The Morgan fingerprint density at radius 3 is 2.57 bits per heavy atom. The second-order valence-electron chi connectivity index (χ2n) is 6.80. The van der Waals surface area contributed by atoms with Crippen molar-refractivity contribution in [3.63, 3.8) is 0 Å². The second kappa shape index (κ2) is 7.35. The highest BCUT2D eigenvalue weighted by molar-refractivity contribution is 5.29. The van der Waals surface area contributed by atoms with Gasteiger partial charge in [-0.25, -0.2) is 8.78 Å². The number of benzene rings is 1. The molecule has 1 aliphatic carbocycles. The van der Waals surface area contributed by atoms with Crippen molar-refractivity contribution in [1.29, 1.82) is 0 Å². The molecule has 0 radical (unpaired) electrons. The van der Waals surface area contributed by atoms with Gasteiger partial charge in [0.2, 0.25) is 0 Å². The highest BCUT2D eigenvalue weighted by Crippen LogP contribution is 2.39. The van der Waals surface area contributed by atoms with Crippen LogP contribution in [0, 0.1) is 30.4 Å². The normalized spacial score (nSPS) is 22.8. The van der Waals surface area contributed by atoms with Gasteiger partial charge in [0.1, 0.15) is 0 Å². The molecule has 0 aliphatic heterocycles. The Morgan fingerprint density at radius 1 is 1.14 bits per heavy atom. The molecule has 1 N–H and O–H groups in total. The number of nitrogens with one attached hydrogen (secondary N) is 1. The Labute approximate surface area is 127 Å². The van der Waals surface area contributed by atoms with Crippen molar-refractivity contribution in [3.05, 3.63) is 34.9 Å². The zero-order valence-electron chi connectivity index (χ0n) is 13.4. The molecule has 0 amide bonds. The fourth-order valence-corrected chi connectivity index (χ4v) is 3.37. The van der Waals surface area contributed by atoms with E-state index in [4.69, 9.17) is 0 Å². The molecule has 0 aromatic heterocycles. The zero-order chi connectivity index (χ0) is 15.4. The molecule has 2 atom stereocenters. The molecule has 3 heteroatoms. The fraction of sp³-hybridized carbons (Fsp3) is 0.667. The fourth-order valence-electron chi connectivity index (χ4n) is 3.37. The van der Waals surface area contributed by atoms with Gasteiger partial charge < -0.3 is 5.32 Å². The van der Waals surface area contributed by atoms with Gasteiger partial charge in [0, 0.05) is 0 Å². The first-order valence-corrected chi connectivity index (χ1v) is 8.16. The summed E-state index contributed by atoms with van der Waals surface area (Å²) in [5.74, 6) is -0.133. The summed E-state index contributed by atoms with van der Waals surface area (Å²) in [6.45, 7) is 7.86. The van der Waals surface area contributed by atoms with E-state index in [0.717, 1.165) is 32.4 Å². The average molecular weight is 295 g/mol. The van der Waals surface area contributed by atoms with E-state index in [1.807, 2.05) is 0 Å². The van der Waals surface area contributed by atoms with E-state index in [9.17, 15) is 8.78 Å². The number of halogens is 2. The number of rotatable bonds is 5. The number of aryl methyl sites for hydroxylation is 1. The smallest absolute Gasteiger partial charge is 0.162 e. The lowest BCUT2D eigenvalue weighted by molar-refractivity contribution is 0.284. The lowest BCUT2D eigenvalue weighted by Crippen LogP contribution is -2.32. The summed E-state index contributed by atoms with van der Waals surface area (Å²) in [4.78, 5) is 0. The summed E-state index contributed by atoms with van der Waals surface area (Å²) in [7, 11) is 0. The van der Waals surface area contributed by atoms with Crippen molar-refractivity contribution in [2.24, 2.45) is 11.8 Å². The van der Waals surface area contributed by atoms with Crippen molar-refractivity contribution in [3.8, 4) is 0 Å². The molecule has 1 aromatic rings. The summed E-state index contributed by atoms with van der Waals surface area (Å²) in [5, 5.41) is 3.48.